The van der Waals surface area contributed by atoms with E-state index >= 15 is 0 Å². The Kier molecular flexibility index (Phi) is 10.3. The number of hydrogen-bond acceptors (Lipinski definition) is 9. The molecule has 35 heavy (non-hydrogen) atoms. The fraction of sp³-hybridized carbons (Fsp3) is 0.440. The van der Waals surface area contributed by atoms with E-state index in [0.29, 0.717) is 5.75 Å². The van der Waals surface area contributed by atoms with Crippen LogP contribution in [-0.2, 0) is 19.1 Å². The number of rotatable bonds is 12. The number of hydrogen-bond donors (Lipinski definition) is 1. The average Bonchev–Trinajstić information content (AvgIpc) is 2.82. The van der Waals surface area contributed by atoms with Crippen LogP contribution >= 0.6 is 0 Å². The van der Waals surface area contributed by atoms with Crippen molar-refractivity contribution in [1.82, 2.24) is 10.3 Å². The minimum atomic E-state index is -0.684. The number of nitrogens with one attached hydrogen (secondary N) is 1. The summed E-state index contributed by atoms with van der Waals surface area (Å²) in [6, 6.07) is 9.08. The van der Waals surface area contributed by atoms with Crippen molar-refractivity contribution in [3.8, 4) is 17.2 Å². The van der Waals surface area contributed by atoms with Gasteiger partial charge in [-0.05, 0) is 18.9 Å². The van der Waals surface area contributed by atoms with Gasteiger partial charge >= 0.3 is 11.9 Å². The molecule has 0 spiro atoms. The predicted octanol–water partition coefficient (Wildman–Crippen LogP) is 3.10. The first-order chi connectivity index (χ1) is 16.7. The van der Waals surface area contributed by atoms with Gasteiger partial charge in [-0.1, -0.05) is 32.0 Å². The van der Waals surface area contributed by atoms with Crippen molar-refractivity contribution in [2.24, 2.45) is 5.92 Å². The first-order valence-corrected chi connectivity index (χ1v) is 11.1. The highest BCUT2D eigenvalue weighted by Crippen LogP contribution is 2.35. The Hall–Kier alpha value is -3.82. The molecular formula is C25H32N2O8. The molecule has 0 saturated heterocycles. The van der Waals surface area contributed by atoms with Crippen molar-refractivity contribution >= 4 is 17.8 Å². The molecule has 2 aromatic rings. The van der Waals surface area contributed by atoms with Crippen molar-refractivity contribution in [3.63, 3.8) is 0 Å². The lowest BCUT2D eigenvalue weighted by molar-refractivity contribution is -0.149. The van der Waals surface area contributed by atoms with Crippen LogP contribution in [0, 0.1) is 5.92 Å². The highest BCUT2D eigenvalue weighted by Gasteiger charge is 2.29. The van der Waals surface area contributed by atoms with Gasteiger partial charge in [0.2, 0.25) is 6.79 Å². The molecule has 1 amide bonds. The lowest BCUT2D eigenvalue weighted by Gasteiger charge is -2.29. The van der Waals surface area contributed by atoms with Gasteiger partial charge in [0.1, 0.15) is 18.4 Å². The maximum atomic E-state index is 12.7. The molecule has 0 radical (unpaired) electrons. The van der Waals surface area contributed by atoms with Gasteiger partial charge < -0.3 is 29.0 Å². The van der Waals surface area contributed by atoms with Gasteiger partial charge in [0.15, 0.2) is 17.2 Å². The summed E-state index contributed by atoms with van der Waals surface area (Å²) in [5.41, 5.74) is 0.802. The topological polar surface area (TPSA) is 122 Å². The largest absolute Gasteiger partial charge is 0.496 e. The zero-order chi connectivity index (χ0) is 26.0. The van der Waals surface area contributed by atoms with Crippen LogP contribution in [0.2, 0.25) is 0 Å². The van der Waals surface area contributed by atoms with E-state index in [1.807, 2.05) is 38.1 Å². The van der Waals surface area contributed by atoms with Crippen LogP contribution in [-0.4, -0.2) is 56.5 Å². The van der Waals surface area contributed by atoms with Gasteiger partial charge in [-0.25, -0.2) is 4.98 Å². The van der Waals surface area contributed by atoms with Gasteiger partial charge in [-0.3, -0.25) is 14.4 Å². The fourth-order valence-electron chi connectivity index (χ4n) is 3.72. The number of carbonyl (C=O) groups excluding carboxylic acids is 3. The van der Waals surface area contributed by atoms with E-state index in [1.54, 1.807) is 14.0 Å². The van der Waals surface area contributed by atoms with Gasteiger partial charge in [0.05, 0.1) is 14.2 Å². The van der Waals surface area contributed by atoms with Crippen LogP contribution in [0.15, 0.2) is 36.5 Å². The summed E-state index contributed by atoms with van der Waals surface area (Å²) in [4.78, 5) is 40.3. The molecular weight excluding hydrogens is 456 g/mol. The molecule has 0 saturated carbocycles. The first kappa shape index (κ1) is 27.4. The lowest BCUT2D eigenvalue weighted by atomic mass is 9.84. The SMILES string of the molecule is COc1ccccc1[C@H](C(C)C)C(C)OC(=O)CNC(=O)c1nccc(OC)c1OCOC(C)=O. The minimum absolute atomic E-state index is 0.0217. The van der Waals surface area contributed by atoms with Crippen LogP contribution in [0.1, 0.15) is 49.7 Å². The Morgan fingerprint density at radius 2 is 1.69 bits per heavy atom. The molecule has 1 unspecified atom stereocenters. The second-order valence-corrected chi connectivity index (χ2v) is 7.98. The summed E-state index contributed by atoms with van der Waals surface area (Å²) in [5, 5.41) is 2.48. The number of pyridine rings is 1. The van der Waals surface area contributed by atoms with Crippen LogP contribution in [0.5, 0.6) is 17.2 Å². The summed E-state index contributed by atoms with van der Waals surface area (Å²) in [5.74, 6) is -0.908. The second kappa shape index (κ2) is 13.2. The van der Waals surface area contributed by atoms with E-state index in [2.05, 4.69) is 10.3 Å². The molecule has 10 heteroatoms. The van der Waals surface area contributed by atoms with Gasteiger partial charge in [-0.2, -0.15) is 0 Å². The number of ether oxygens (including phenoxy) is 5. The monoisotopic (exact) mass is 488 g/mol. The van der Waals surface area contributed by atoms with Crippen molar-refractivity contribution in [1.29, 1.82) is 0 Å². The molecule has 0 aliphatic heterocycles. The van der Waals surface area contributed by atoms with E-state index in [1.165, 1.54) is 26.3 Å². The van der Waals surface area contributed by atoms with Crippen molar-refractivity contribution < 1.29 is 38.1 Å². The van der Waals surface area contributed by atoms with Crippen LogP contribution in [0.25, 0.3) is 0 Å². The number of methoxy groups -OCH3 is 2. The molecule has 0 fully saturated rings. The van der Waals surface area contributed by atoms with Gasteiger partial charge in [-0.15, -0.1) is 0 Å². The number of para-hydroxylation sites is 1. The summed E-state index contributed by atoms with van der Waals surface area (Å²) >= 11 is 0. The Labute approximate surface area is 204 Å². The van der Waals surface area contributed by atoms with E-state index in [9.17, 15) is 14.4 Å². The van der Waals surface area contributed by atoms with Crippen molar-refractivity contribution in [3.05, 3.63) is 47.8 Å². The minimum Gasteiger partial charge on any atom is -0.496 e. The molecule has 2 atom stereocenters. The third-order valence-electron chi connectivity index (χ3n) is 5.20. The van der Waals surface area contributed by atoms with Crippen LogP contribution in [0.4, 0.5) is 0 Å². The quantitative estimate of drug-likeness (QED) is 0.355. The molecule has 0 bridgehead atoms. The maximum absolute atomic E-state index is 12.7. The van der Waals surface area contributed by atoms with E-state index < -0.39 is 30.7 Å². The molecule has 1 aromatic carbocycles. The van der Waals surface area contributed by atoms with Gasteiger partial charge in [0.25, 0.3) is 5.91 Å². The number of esters is 2. The summed E-state index contributed by atoms with van der Waals surface area (Å²) in [6.07, 6.45) is 0.876. The molecule has 1 heterocycles. The van der Waals surface area contributed by atoms with E-state index in [0.717, 1.165) is 5.56 Å². The lowest BCUT2D eigenvalue weighted by Crippen LogP contribution is -2.35. The summed E-state index contributed by atoms with van der Waals surface area (Å²) < 4.78 is 26.4. The van der Waals surface area contributed by atoms with Crippen LogP contribution in [0.3, 0.4) is 0 Å². The smallest absolute Gasteiger partial charge is 0.325 e. The molecule has 0 aliphatic carbocycles. The number of amides is 1. The normalized spacial score (nSPS) is 12.3. The Balaban J connectivity index is 2.07. The average molecular weight is 489 g/mol. The number of aromatic nitrogens is 1. The Morgan fingerprint density at radius 3 is 2.31 bits per heavy atom. The van der Waals surface area contributed by atoms with Crippen LogP contribution < -0.4 is 19.5 Å². The molecule has 1 aromatic heterocycles. The zero-order valence-electron chi connectivity index (χ0n) is 20.8. The first-order valence-electron chi connectivity index (χ1n) is 11.1. The number of nitrogens with zero attached hydrogens (tertiary/aromatic N) is 1. The molecule has 10 nitrogen and oxygen atoms in total. The Bertz CT molecular complexity index is 1020. The molecule has 2 rings (SSSR count). The maximum Gasteiger partial charge on any atom is 0.325 e. The third kappa shape index (κ3) is 7.59. The predicted molar refractivity (Wildman–Crippen MR) is 127 cm³/mol. The van der Waals surface area contributed by atoms with Gasteiger partial charge in [0, 0.05) is 30.7 Å². The van der Waals surface area contributed by atoms with E-state index in [4.69, 9.17) is 23.7 Å². The van der Waals surface area contributed by atoms with Crippen molar-refractivity contribution in [2.75, 3.05) is 27.6 Å². The molecule has 1 N–H and O–H groups in total. The fourth-order valence-corrected chi connectivity index (χ4v) is 3.72. The summed E-state index contributed by atoms with van der Waals surface area (Å²) in [7, 11) is 2.99. The Morgan fingerprint density at radius 1 is 1.00 bits per heavy atom. The number of benzene rings is 1. The standard InChI is InChI=1S/C25H32N2O8/c1-15(2)22(18-9-7-8-10-19(18)31-5)16(3)35-21(29)13-27-25(30)23-24(34-14-33-17(4)28)20(32-6)11-12-26-23/h7-12,15-16,22H,13-14H2,1-6H3,(H,27,30)/t16?,22-/m1/s1. The number of carbonyl (C=O) groups is 3. The second-order valence-electron chi connectivity index (χ2n) is 7.98. The van der Waals surface area contributed by atoms with Crippen molar-refractivity contribution in [2.45, 2.75) is 39.7 Å². The molecule has 0 aliphatic rings. The highest BCUT2D eigenvalue weighted by atomic mass is 16.7. The highest BCUT2D eigenvalue weighted by molar-refractivity contribution is 5.97. The third-order valence-corrected chi connectivity index (χ3v) is 5.20. The zero-order valence-corrected chi connectivity index (χ0v) is 20.8. The molecule has 190 valence electrons. The summed E-state index contributed by atoms with van der Waals surface area (Å²) in [6.45, 7) is 6.28. The van der Waals surface area contributed by atoms with E-state index in [-0.39, 0.29) is 35.6 Å².